The molecule has 3 N–H and O–H groups in total. The van der Waals surface area contributed by atoms with Crippen molar-refractivity contribution in [3.8, 4) is 0 Å². The van der Waals surface area contributed by atoms with Crippen LogP contribution in [-0.2, 0) is 0 Å². The van der Waals surface area contributed by atoms with Crippen molar-refractivity contribution in [3.63, 3.8) is 0 Å². The first-order valence-electron chi connectivity index (χ1n) is 5.91. The predicted molar refractivity (Wildman–Crippen MR) is 68.0 cm³/mol. The number of hydrogen-bond donors (Lipinski definition) is 3. The SMILES string of the molecule is C/C=C\C(=C/C)NCC[C@H](C)[C@@H](O)[C@H](C)O. The highest BCUT2D eigenvalue weighted by Crippen LogP contribution is 2.11. The summed E-state index contributed by atoms with van der Waals surface area (Å²) < 4.78 is 0. The van der Waals surface area contributed by atoms with Crippen LogP contribution in [-0.4, -0.2) is 29.0 Å². The highest BCUT2D eigenvalue weighted by Gasteiger charge is 2.18. The van der Waals surface area contributed by atoms with Crippen LogP contribution in [0.15, 0.2) is 23.9 Å². The number of nitrogens with one attached hydrogen (secondary N) is 1. The molecule has 0 aliphatic rings. The van der Waals surface area contributed by atoms with Crippen LogP contribution in [0.5, 0.6) is 0 Å². The summed E-state index contributed by atoms with van der Waals surface area (Å²) in [5, 5.41) is 22.1. The lowest BCUT2D eigenvalue weighted by Crippen LogP contribution is -2.31. The van der Waals surface area contributed by atoms with Crippen molar-refractivity contribution < 1.29 is 10.2 Å². The summed E-state index contributed by atoms with van der Waals surface area (Å²) in [6.45, 7) is 8.33. The van der Waals surface area contributed by atoms with Gasteiger partial charge in [-0.2, -0.15) is 0 Å². The topological polar surface area (TPSA) is 52.5 Å². The lowest BCUT2D eigenvalue weighted by atomic mass is 9.97. The summed E-state index contributed by atoms with van der Waals surface area (Å²) in [5.74, 6) is 0.0937. The fourth-order valence-corrected chi connectivity index (χ4v) is 1.53. The highest BCUT2D eigenvalue weighted by molar-refractivity contribution is 5.14. The Bertz CT molecular complexity index is 234. The van der Waals surface area contributed by atoms with E-state index in [2.05, 4.69) is 5.32 Å². The molecular weight excluding hydrogens is 202 g/mol. The Balaban J connectivity index is 3.89. The fourth-order valence-electron chi connectivity index (χ4n) is 1.53. The van der Waals surface area contributed by atoms with Gasteiger partial charge in [0.05, 0.1) is 12.2 Å². The van der Waals surface area contributed by atoms with E-state index >= 15 is 0 Å². The van der Waals surface area contributed by atoms with Gasteiger partial charge in [0, 0.05) is 12.2 Å². The molecule has 0 unspecified atom stereocenters. The van der Waals surface area contributed by atoms with Crippen molar-refractivity contribution in [1.82, 2.24) is 5.32 Å². The van der Waals surface area contributed by atoms with E-state index in [4.69, 9.17) is 0 Å². The van der Waals surface area contributed by atoms with Gasteiger partial charge in [-0.15, -0.1) is 0 Å². The lowest BCUT2D eigenvalue weighted by Gasteiger charge is -2.21. The van der Waals surface area contributed by atoms with Crippen LogP contribution in [0.1, 0.15) is 34.1 Å². The Morgan fingerprint density at radius 3 is 2.31 bits per heavy atom. The van der Waals surface area contributed by atoms with Crippen LogP contribution in [0, 0.1) is 5.92 Å². The zero-order valence-corrected chi connectivity index (χ0v) is 10.8. The van der Waals surface area contributed by atoms with E-state index in [0.29, 0.717) is 0 Å². The van der Waals surface area contributed by atoms with Crippen molar-refractivity contribution in [2.24, 2.45) is 5.92 Å². The van der Waals surface area contributed by atoms with E-state index in [1.807, 2.05) is 39.0 Å². The third-order valence-corrected chi connectivity index (χ3v) is 2.66. The van der Waals surface area contributed by atoms with Gasteiger partial charge in [0.2, 0.25) is 0 Å². The standard InChI is InChI=1S/C13H25NO2/c1-5-7-12(6-2)14-9-8-10(3)13(16)11(4)15/h5-7,10-11,13-16H,8-9H2,1-4H3/b7-5-,12-6+/t10-,11-,13+/m0/s1. The van der Waals surface area contributed by atoms with E-state index in [0.717, 1.165) is 18.7 Å². The van der Waals surface area contributed by atoms with Crippen LogP contribution in [0.4, 0.5) is 0 Å². The predicted octanol–water partition coefficient (Wildman–Crippen LogP) is 1.82. The Morgan fingerprint density at radius 1 is 1.25 bits per heavy atom. The molecule has 0 aromatic carbocycles. The summed E-state index contributed by atoms with van der Waals surface area (Å²) in [6, 6.07) is 0. The Labute approximate surface area is 98.9 Å². The van der Waals surface area contributed by atoms with Crippen LogP contribution in [0.3, 0.4) is 0 Å². The minimum atomic E-state index is -0.660. The molecule has 0 heterocycles. The average molecular weight is 227 g/mol. The molecule has 0 fully saturated rings. The van der Waals surface area contributed by atoms with Gasteiger partial charge in [0.25, 0.3) is 0 Å². The Kier molecular flexibility index (Phi) is 7.95. The molecule has 3 heteroatoms. The molecule has 0 rings (SSSR count). The number of hydrogen-bond acceptors (Lipinski definition) is 3. The van der Waals surface area contributed by atoms with Gasteiger partial charge in [-0.05, 0) is 39.2 Å². The first-order chi connectivity index (χ1) is 7.52. The van der Waals surface area contributed by atoms with E-state index < -0.39 is 12.2 Å². The van der Waals surface area contributed by atoms with Crippen molar-refractivity contribution >= 4 is 0 Å². The van der Waals surface area contributed by atoms with E-state index in [9.17, 15) is 10.2 Å². The summed E-state index contributed by atoms with van der Waals surface area (Å²) in [4.78, 5) is 0. The average Bonchev–Trinajstić information content (AvgIpc) is 2.26. The van der Waals surface area contributed by atoms with Crippen LogP contribution < -0.4 is 5.32 Å². The second kappa shape index (κ2) is 8.36. The summed E-state index contributed by atoms with van der Waals surface area (Å²) in [6.07, 6.45) is 5.53. The van der Waals surface area contributed by atoms with Crippen molar-refractivity contribution in [2.45, 2.75) is 46.3 Å². The first kappa shape index (κ1) is 15.2. The molecule has 0 aromatic heterocycles. The maximum absolute atomic E-state index is 9.61. The molecule has 94 valence electrons. The number of rotatable bonds is 7. The molecule has 0 aliphatic heterocycles. The van der Waals surface area contributed by atoms with Crippen molar-refractivity contribution in [3.05, 3.63) is 23.9 Å². The molecule has 0 amide bonds. The van der Waals surface area contributed by atoms with E-state index in [1.54, 1.807) is 6.92 Å². The number of aliphatic hydroxyl groups excluding tert-OH is 2. The molecule has 0 radical (unpaired) electrons. The lowest BCUT2D eigenvalue weighted by molar-refractivity contribution is -0.00403. The zero-order valence-electron chi connectivity index (χ0n) is 10.8. The normalized spacial score (nSPS) is 18.5. The monoisotopic (exact) mass is 227 g/mol. The molecule has 0 spiro atoms. The molecule has 0 aromatic rings. The minimum Gasteiger partial charge on any atom is -0.391 e. The largest absolute Gasteiger partial charge is 0.391 e. The fraction of sp³-hybridized carbons (Fsp3) is 0.692. The molecule has 3 nitrogen and oxygen atoms in total. The molecule has 0 saturated heterocycles. The van der Waals surface area contributed by atoms with Gasteiger partial charge in [-0.25, -0.2) is 0 Å². The van der Waals surface area contributed by atoms with Crippen molar-refractivity contribution in [1.29, 1.82) is 0 Å². The van der Waals surface area contributed by atoms with Gasteiger partial charge in [-0.3, -0.25) is 0 Å². The zero-order chi connectivity index (χ0) is 12.6. The Hall–Kier alpha value is -0.800. The maximum atomic E-state index is 9.61. The molecule has 16 heavy (non-hydrogen) atoms. The van der Waals surface area contributed by atoms with Gasteiger partial charge in [0.15, 0.2) is 0 Å². The first-order valence-corrected chi connectivity index (χ1v) is 5.91. The van der Waals surface area contributed by atoms with Gasteiger partial charge < -0.3 is 15.5 Å². The molecule has 3 atom stereocenters. The molecule has 0 aliphatic carbocycles. The Morgan fingerprint density at radius 2 is 1.88 bits per heavy atom. The minimum absolute atomic E-state index is 0.0937. The summed E-state index contributed by atoms with van der Waals surface area (Å²) in [7, 11) is 0. The van der Waals surface area contributed by atoms with E-state index in [-0.39, 0.29) is 5.92 Å². The van der Waals surface area contributed by atoms with Gasteiger partial charge >= 0.3 is 0 Å². The quantitative estimate of drug-likeness (QED) is 0.582. The van der Waals surface area contributed by atoms with Crippen LogP contribution in [0.25, 0.3) is 0 Å². The number of aliphatic hydroxyl groups is 2. The van der Waals surface area contributed by atoms with Gasteiger partial charge in [-0.1, -0.05) is 19.1 Å². The highest BCUT2D eigenvalue weighted by atomic mass is 16.3. The van der Waals surface area contributed by atoms with E-state index in [1.165, 1.54) is 0 Å². The second-order valence-electron chi connectivity index (χ2n) is 4.17. The number of allylic oxidation sites excluding steroid dienone is 3. The van der Waals surface area contributed by atoms with Crippen LogP contribution in [0.2, 0.25) is 0 Å². The maximum Gasteiger partial charge on any atom is 0.0822 e. The smallest absolute Gasteiger partial charge is 0.0822 e. The second-order valence-corrected chi connectivity index (χ2v) is 4.17. The van der Waals surface area contributed by atoms with Crippen molar-refractivity contribution in [2.75, 3.05) is 6.54 Å². The summed E-state index contributed by atoms with van der Waals surface area (Å²) >= 11 is 0. The molecule has 0 bridgehead atoms. The van der Waals surface area contributed by atoms with Gasteiger partial charge in [0.1, 0.15) is 0 Å². The third kappa shape index (κ3) is 5.93. The summed E-state index contributed by atoms with van der Waals surface area (Å²) in [5.41, 5.74) is 1.08. The molecule has 0 saturated carbocycles. The molecular formula is C13H25NO2. The third-order valence-electron chi connectivity index (χ3n) is 2.66. The van der Waals surface area contributed by atoms with Crippen LogP contribution >= 0.6 is 0 Å².